The van der Waals surface area contributed by atoms with Gasteiger partial charge in [0.05, 0.1) is 12.3 Å². The Bertz CT molecular complexity index is 665. The molecule has 0 aliphatic heterocycles. The first-order valence-electron chi connectivity index (χ1n) is 7.73. The van der Waals surface area contributed by atoms with Crippen LogP contribution in [-0.2, 0) is 20.9 Å². The average molecular weight is 364 g/mol. The molecule has 0 saturated heterocycles. The molecule has 1 unspecified atom stereocenters. The molecule has 128 valence electrons. The number of thioether (sulfide) groups is 1. The second-order valence-electron chi connectivity index (χ2n) is 5.70. The molecule has 24 heavy (non-hydrogen) atoms. The normalized spacial score (nSPS) is 13.3. The lowest BCUT2D eigenvalue weighted by molar-refractivity contribution is -0.120. The number of carbonyl (C=O) groups excluding carboxylic acids is 1. The van der Waals surface area contributed by atoms with E-state index in [1.165, 1.54) is 5.56 Å². The van der Waals surface area contributed by atoms with E-state index >= 15 is 0 Å². The molecule has 5 heteroatoms. The van der Waals surface area contributed by atoms with Crippen LogP contribution < -0.4 is 5.32 Å². The maximum atomic E-state index is 12.1. The lowest BCUT2D eigenvalue weighted by Gasteiger charge is -2.29. The first kappa shape index (κ1) is 18.8. The molecule has 0 bridgehead atoms. The van der Waals surface area contributed by atoms with Gasteiger partial charge in [-0.25, -0.2) is 0 Å². The van der Waals surface area contributed by atoms with E-state index in [2.05, 4.69) is 17.4 Å². The Balaban J connectivity index is 1.83. The second-order valence-corrected chi connectivity index (χ2v) is 7.12. The summed E-state index contributed by atoms with van der Waals surface area (Å²) in [7, 11) is 1.64. The van der Waals surface area contributed by atoms with Gasteiger partial charge in [-0.2, -0.15) is 0 Å². The molecule has 0 aromatic heterocycles. The topological polar surface area (TPSA) is 38.3 Å². The molecule has 1 N–H and O–H groups in total. The highest BCUT2D eigenvalue weighted by atomic mass is 35.5. The lowest BCUT2D eigenvalue weighted by atomic mass is 9.95. The Morgan fingerprint density at radius 2 is 1.96 bits per heavy atom. The number of methoxy groups -OCH3 is 1. The van der Waals surface area contributed by atoms with E-state index in [-0.39, 0.29) is 5.91 Å². The van der Waals surface area contributed by atoms with E-state index in [0.29, 0.717) is 17.3 Å². The first-order chi connectivity index (χ1) is 11.5. The number of rotatable bonds is 8. The van der Waals surface area contributed by atoms with Crippen molar-refractivity contribution in [1.82, 2.24) is 5.32 Å². The molecule has 1 atom stereocenters. The van der Waals surface area contributed by atoms with Gasteiger partial charge in [-0.1, -0.05) is 54.1 Å². The average Bonchev–Trinajstić information content (AvgIpc) is 2.60. The van der Waals surface area contributed by atoms with Gasteiger partial charge in [0.1, 0.15) is 5.60 Å². The van der Waals surface area contributed by atoms with Gasteiger partial charge in [0, 0.05) is 17.9 Å². The molecule has 3 nitrogen and oxygen atoms in total. The van der Waals surface area contributed by atoms with Crippen molar-refractivity contribution in [3.05, 3.63) is 70.7 Å². The van der Waals surface area contributed by atoms with Crippen molar-refractivity contribution in [2.45, 2.75) is 18.3 Å². The highest BCUT2D eigenvalue weighted by molar-refractivity contribution is 7.99. The van der Waals surface area contributed by atoms with Crippen LogP contribution in [0.3, 0.4) is 0 Å². The molecule has 0 aliphatic carbocycles. The van der Waals surface area contributed by atoms with Crippen LogP contribution in [0.15, 0.2) is 54.6 Å². The van der Waals surface area contributed by atoms with Gasteiger partial charge in [0.15, 0.2) is 0 Å². The van der Waals surface area contributed by atoms with Crippen LogP contribution >= 0.6 is 23.4 Å². The first-order valence-corrected chi connectivity index (χ1v) is 9.26. The van der Waals surface area contributed by atoms with Crippen molar-refractivity contribution in [3.8, 4) is 0 Å². The molecule has 0 fully saturated rings. The summed E-state index contributed by atoms with van der Waals surface area (Å²) in [4.78, 5) is 12.1. The van der Waals surface area contributed by atoms with Gasteiger partial charge in [0.2, 0.25) is 5.91 Å². The zero-order valence-corrected chi connectivity index (χ0v) is 15.5. The monoisotopic (exact) mass is 363 g/mol. The standard InChI is InChI=1S/C19H22ClNO2S/c1-19(23-2,16-9-6-10-17(20)11-16)14-21-18(22)13-24-12-15-7-4-3-5-8-15/h3-11H,12-14H2,1-2H3,(H,21,22). The highest BCUT2D eigenvalue weighted by Gasteiger charge is 2.27. The van der Waals surface area contributed by atoms with Crippen molar-refractivity contribution in [3.63, 3.8) is 0 Å². The van der Waals surface area contributed by atoms with Crippen molar-refractivity contribution in [2.75, 3.05) is 19.4 Å². The van der Waals surface area contributed by atoms with E-state index in [0.717, 1.165) is 11.3 Å². The molecule has 1 amide bonds. The van der Waals surface area contributed by atoms with Gasteiger partial charge in [0.25, 0.3) is 0 Å². The van der Waals surface area contributed by atoms with Gasteiger partial charge < -0.3 is 10.1 Å². The molecule has 2 rings (SSSR count). The van der Waals surface area contributed by atoms with Crippen molar-refractivity contribution in [2.24, 2.45) is 0 Å². The van der Waals surface area contributed by atoms with Crippen LogP contribution in [0.2, 0.25) is 5.02 Å². The molecule has 2 aromatic rings. The summed E-state index contributed by atoms with van der Waals surface area (Å²) in [6, 6.07) is 17.6. The van der Waals surface area contributed by atoms with Gasteiger partial charge in [-0.15, -0.1) is 11.8 Å². The maximum absolute atomic E-state index is 12.1. The highest BCUT2D eigenvalue weighted by Crippen LogP contribution is 2.26. The molecule has 0 radical (unpaired) electrons. The Hall–Kier alpha value is -1.49. The third kappa shape index (κ3) is 5.55. The van der Waals surface area contributed by atoms with Gasteiger partial charge in [-0.05, 0) is 30.2 Å². The van der Waals surface area contributed by atoms with E-state index in [4.69, 9.17) is 16.3 Å². The SMILES string of the molecule is COC(C)(CNC(=O)CSCc1ccccc1)c1cccc(Cl)c1. The Morgan fingerprint density at radius 1 is 1.21 bits per heavy atom. The summed E-state index contributed by atoms with van der Waals surface area (Å²) in [5.41, 5.74) is 1.55. The van der Waals surface area contributed by atoms with Crippen LogP contribution in [0.25, 0.3) is 0 Å². The number of hydrogen-bond donors (Lipinski definition) is 1. The van der Waals surface area contributed by atoms with E-state index < -0.39 is 5.60 Å². The van der Waals surface area contributed by atoms with Crippen LogP contribution in [0.4, 0.5) is 0 Å². The molecule has 2 aromatic carbocycles. The number of amides is 1. The van der Waals surface area contributed by atoms with E-state index in [9.17, 15) is 4.79 Å². The summed E-state index contributed by atoms with van der Waals surface area (Å²) in [6.45, 7) is 2.34. The predicted octanol–water partition coefficient (Wildman–Crippen LogP) is 4.25. The zero-order chi connectivity index (χ0) is 17.4. The Morgan fingerprint density at radius 3 is 2.62 bits per heavy atom. The van der Waals surface area contributed by atoms with E-state index in [1.807, 2.05) is 49.4 Å². The number of hydrogen-bond acceptors (Lipinski definition) is 3. The largest absolute Gasteiger partial charge is 0.372 e. The minimum atomic E-state index is -0.606. The lowest BCUT2D eigenvalue weighted by Crippen LogP contribution is -2.40. The third-order valence-electron chi connectivity index (χ3n) is 3.85. The minimum Gasteiger partial charge on any atom is -0.372 e. The van der Waals surface area contributed by atoms with Crippen LogP contribution in [-0.4, -0.2) is 25.3 Å². The summed E-state index contributed by atoms with van der Waals surface area (Å²) < 4.78 is 5.62. The molecule has 0 heterocycles. The molecule has 0 spiro atoms. The second kappa shape index (κ2) is 9.11. The van der Waals surface area contributed by atoms with Gasteiger partial charge >= 0.3 is 0 Å². The number of carbonyl (C=O) groups is 1. The predicted molar refractivity (Wildman–Crippen MR) is 101 cm³/mol. The fourth-order valence-corrected chi connectivity index (χ4v) is 3.27. The van der Waals surface area contributed by atoms with Crippen LogP contribution in [0.1, 0.15) is 18.1 Å². The van der Waals surface area contributed by atoms with Crippen LogP contribution in [0, 0.1) is 0 Å². The summed E-state index contributed by atoms with van der Waals surface area (Å²) >= 11 is 7.65. The number of benzene rings is 2. The fourth-order valence-electron chi connectivity index (χ4n) is 2.26. The smallest absolute Gasteiger partial charge is 0.230 e. The fraction of sp³-hybridized carbons (Fsp3) is 0.316. The summed E-state index contributed by atoms with van der Waals surface area (Å²) in [6.07, 6.45) is 0. The Labute approximate surface area is 152 Å². The Kier molecular flexibility index (Phi) is 7.16. The minimum absolute atomic E-state index is 0.00114. The van der Waals surface area contributed by atoms with E-state index in [1.54, 1.807) is 18.9 Å². The maximum Gasteiger partial charge on any atom is 0.230 e. The summed E-state index contributed by atoms with van der Waals surface area (Å²) in [5, 5.41) is 3.60. The molecule has 0 saturated carbocycles. The van der Waals surface area contributed by atoms with Crippen molar-refractivity contribution >= 4 is 29.3 Å². The molecular weight excluding hydrogens is 342 g/mol. The quantitative estimate of drug-likeness (QED) is 0.761. The zero-order valence-electron chi connectivity index (χ0n) is 13.9. The van der Waals surface area contributed by atoms with Crippen molar-refractivity contribution < 1.29 is 9.53 Å². The number of nitrogens with one attached hydrogen (secondary N) is 1. The number of halogens is 1. The van der Waals surface area contributed by atoms with Crippen molar-refractivity contribution in [1.29, 1.82) is 0 Å². The van der Waals surface area contributed by atoms with Crippen LogP contribution in [0.5, 0.6) is 0 Å². The third-order valence-corrected chi connectivity index (χ3v) is 5.09. The molecule has 0 aliphatic rings. The summed E-state index contributed by atoms with van der Waals surface area (Å²) in [5.74, 6) is 1.25. The number of ether oxygens (including phenoxy) is 1. The van der Waals surface area contributed by atoms with Gasteiger partial charge in [-0.3, -0.25) is 4.79 Å². The molecular formula is C19H22ClNO2S.